The quantitative estimate of drug-likeness (QED) is 0.788. The molecule has 0 aliphatic rings. The molecule has 7 nitrogen and oxygen atoms in total. The molecule has 0 saturated heterocycles. The average molecular weight is 335 g/mol. The molecule has 0 radical (unpaired) electrons. The summed E-state index contributed by atoms with van der Waals surface area (Å²) in [6.07, 6.45) is 4.18. The molecule has 0 unspecified atom stereocenters. The van der Waals surface area contributed by atoms with Crippen LogP contribution >= 0.6 is 11.8 Å². The van der Waals surface area contributed by atoms with Crippen LogP contribution in [-0.4, -0.2) is 55.9 Å². The third-order valence-electron chi connectivity index (χ3n) is 3.75. The fourth-order valence-electron chi connectivity index (χ4n) is 2.28. The van der Waals surface area contributed by atoms with Crippen LogP contribution in [0.5, 0.6) is 0 Å². The van der Waals surface area contributed by atoms with Crippen LogP contribution in [0, 0.1) is 13.8 Å². The topological polar surface area (TPSA) is 92.9 Å². The monoisotopic (exact) mass is 335 g/mol. The maximum absolute atomic E-state index is 12.6. The van der Waals surface area contributed by atoms with E-state index in [1.807, 2.05) is 26.2 Å². The summed E-state index contributed by atoms with van der Waals surface area (Å²) >= 11 is 1.68. The molecular weight excluding hydrogens is 314 g/mol. The number of hydrogen-bond donors (Lipinski definition) is 2. The molecule has 2 aromatic rings. The Morgan fingerprint density at radius 2 is 2.22 bits per heavy atom. The van der Waals surface area contributed by atoms with Gasteiger partial charge in [0.05, 0.1) is 23.9 Å². The molecule has 2 rings (SSSR count). The van der Waals surface area contributed by atoms with E-state index in [1.165, 1.54) is 11.0 Å². The first kappa shape index (κ1) is 17.4. The van der Waals surface area contributed by atoms with Crippen molar-refractivity contribution in [3.8, 4) is 5.69 Å². The van der Waals surface area contributed by atoms with Crippen LogP contribution in [0.3, 0.4) is 0 Å². The van der Waals surface area contributed by atoms with Crippen LogP contribution in [-0.2, 0) is 0 Å². The average Bonchev–Trinajstić information content (AvgIpc) is 3.07. The van der Waals surface area contributed by atoms with Gasteiger partial charge in [-0.2, -0.15) is 16.4 Å². The number of nitrogens with zero attached hydrogens (tertiary/aromatic N) is 4. The lowest BCUT2D eigenvalue weighted by molar-refractivity contribution is 0.0915. The second kappa shape index (κ2) is 8.07. The third kappa shape index (κ3) is 4.08. The lowest BCUT2D eigenvalue weighted by atomic mass is 10.0. The largest absolute Gasteiger partial charge is 0.394 e. The number of carbonyl (C=O) groups is 1. The maximum Gasteiger partial charge on any atom is 0.253 e. The molecule has 1 atom stereocenters. The zero-order valence-electron chi connectivity index (χ0n) is 13.5. The van der Waals surface area contributed by atoms with E-state index >= 15 is 0 Å². The highest BCUT2D eigenvalue weighted by Gasteiger charge is 2.19. The van der Waals surface area contributed by atoms with E-state index in [4.69, 9.17) is 0 Å². The summed E-state index contributed by atoms with van der Waals surface area (Å²) in [4.78, 5) is 12.6. The summed E-state index contributed by atoms with van der Waals surface area (Å²) in [7, 11) is 0. The van der Waals surface area contributed by atoms with Crippen molar-refractivity contribution in [2.24, 2.45) is 0 Å². The molecule has 0 aliphatic carbocycles. The lowest BCUT2D eigenvalue weighted by Gasteiger charge is -2.18. The number of benzene rings is 1. The molecule has 0 aliphatic heterocycles. The lowest BCUT2D eigenvalue weighted by Crippen LogP contribution is -2.38. The van der Waals surface area contributed by atoms with E-state index in [2.05, 4.69) is 20.8 Å². The van der Waals surface area contributed by atoms with Crippen molar-refractivity contribution in [3.63, 3.8) is 0 Å². The van der Waals surface area contributed by atoms with E-state index in [9.17, 15) is 9.90 Å². The number of aliphatic hydroxyl groups excluding tert-OH is 1. The summed E-state index contributed by atoms with van der Waals surface area (Å²) in [5.74, 6) is 0.636. The minimum Gasteiger partial charge on any atom is -0.394 e. The second-order valence-electron chi connectivity index (χ2n) is 5.29. The maximum atomic E-state index is 12.6. The van der Waals surface area contributed by atoms with Crippen molar-refractivity contribution in [1.29, 1.82) is 0 Å². The van der Waals surface area contributed by atoms with E-state index in [-0.39, 0.29) is 18.6 Å². The van der Waals surface area contributed by atoms with Gasteiger partial charge >= 0.3 is 0 Å². The molecule has 0 fully saturated rings. The van der Waals surface area contributed by atoms with Crippen LogP contribution in [0.4, 0.5) is 0 Å². The minimum absolute atomic E-state index is 0.0860. The van der Waals surface area contributed by atoms with Gasteiger partial charge in [-0.05, 0) is 59.9 Å². The number of amides is 1. The molecule has 0 spiro atoms. The van der Waals surface area contributed by atoms with Crippen molar-refractivity contribution < 1.29 is 9.90 Å². The normalized spacial score (nSPS) is 12.2. The number of aromatic nitrogens is 4. The minimum atomic E-state index is -0.265. The zero-order chi connectivity index (χ0) is 16.8. The Balaban J connectivity index is 2.32. The third-order valence-corrected chi connectivity index (χ3v) is 4.39. The van der Waals surface area contributed by atoms with Gasteiger partial charge in [-0.25, -0.2) is 0 Å². The molecule has 124 valence electrons. The highest BCUT2D eigenvalue weighted by molar-refractivity contribution is 7.98. The number of rotatable bonds is 7. The molecule has 1 aromatic carbocycles. The first-order chi connectivity index (χ1) is 11.1. The first-order valence-corrected chi connectivity index (χ1v) is 8.72. The van der Waals surface area contributed by atoms with Crippen LogP contribution in [0.25, 0.3) is 5.69 Å². The van der Waals surface area contributed by atoms with Gasteiger partial charge in [0.2, 0.25) is 0 Å². The van der Waals surface area contributed by atoms with Crippen molar-refractivity contribution in [1.82, 2.24) is 25.5 Å². The number of carbonyl (C=O) groups excluding carboxylic acids is 1. The van der Waals surface area contributed by atoms with Gasteiger partial charge in [0.25, 0.3) is 5.91 Å². The van der Waals surface area contributed by atoms with E-state index < -0.39 is 0 Å². The zero-order valence-corrected chi connectivity index (χ0v) is 14.3. The molecule has 1 aromatic heterocycles. The molecule has 8 heteroatoms. The standard InChI is InChI=1S/C15H21N5O2S/c1-10-4-5-13(14(11(10)2)20-9-16-18-19-20)15(22)17-12(8-21)6-7-23-3/h4-5,9,12,21H,6-8H2,1-3H3,(H,17,22)/t12-/m1/s1. The molecule has 2 N–H and O–H groups in total. The predicted molar refractivity (Wildman–Crippen MR) is 90.0 cm³/mol. The number of aryl methyl sites for hydroxylation is 1. The molecule has 1 amide bonds. The van der Waals surface area contributed by atoms with Crippen molar-refractivity contribution in [3.05, 3.63) is 35.2 Å². The van der Waals surface area contributed by atoms with Crippen molar-refractivity contribution >= 4 is 17.7 Å². The van der Waals surface area contributed by atoms with E-state index in [0.717, 1.165) is 16.9 Å². The van der Waals surface area contributed by atoms with Gasteiger partial charge in [-0.15, -0.1) is 5.10 Å². The van der Waals surface area contributed by atoms with Gasteiger partial charge in [0.1, 0.15) is 6.33 Å². The Labute approximate surface area is 139 Å². The molecule has 23 heavy (non-hydrogen) atoms. The van der Waals surface area contributed by atoms with Crippen molar-refractivity contribution in [2.45, 2.75) is 26.3 Å². The van der Waals surface area contributed by atoms with Gasteiger partial charge in [-0.3, -0.25) is 4.79 Å². The summed E-state index contributed by atoms with van der Waals surface area (Å²) in [6.45, 7) is 3.82. The van der Waals surface area contributed by atoms with Crippen LogP contribution in [0.1, 0.15) is 27.9 Å². The number of tetrazole rings is 1. The molecular formula is C15H21N5O2S. The Morgan fingerprint density at radius 3 is 2.83 bits per heavy atom. The fraction of sp³-hybridized carbons (Fsp3) is 0.467. The van der Waals surface area contributed by atoms with Crippen LogP contribution in [0.15, 0.2) is 18.5 Å². The fourth-order valence-corrected chi connectivity index (χ4v) is 2.80. The Bertz CT molecular complexity index is 660. The number of nitrogens with one attached hydrogen (secondary N) is 1. The molecule has 1 heterocycles. The summed E-state index contributed by atoms with van der Waals surface area (Å²) < 4.78 is 1.49. The second-order valence-corrected chi connectivity index (χ2v) is 6.28. The number of thioether (sulfide) groups is 1. The highest BCUT2D eigenvalue weighted by Crippen LogP contribution is 2.22. The highest BCUT2D eigenvalue weighted by atomic mass is 32.2. The van der Waals surface area contributed by atoms with Gasteiger partial charge in [0, 0.05) is 0 Å². The van der Waals surface area contributed by atoms with Crippen molar-refractivity contribution in [2.75, 3.05) is 18.6 Å². The van der Waals surface area contributed by atoms with Gasteiger partial charge < -0.3 is 10.4 Å². The van der Waals surface area contributed by atoms with E-state index in [1.54, 1.807) is 17.8 Å². The molecule has 0 bridgehead atoms. The Hall–Kier alpha value is -1.93. The van der Waals surface area contributed by atoms with E-state index in [0.29, 0.717) is 17.7 Å². The summed E-state index contributed by atoms with van der Waals surface area (Å²) in [5.41, 5.74) is 3.14. The smallest absolute Gasteiger partial charge is 0.253 e. The van der Waals surface area contributed by atoms with Crippen LogP contribution < -0.4 is 5.32 Å². The Kier molecular flexibility index (Phi) is 6.12. The van der Waals surface area contributed by atoms with Gasteiger partial charge in [0.15, 0.2) is 0 Å². The first-order valence-electron chi connectivity index (χ1n) is 7.32. The number of hydrogen-bond acceptors (Lipinski definition) is 6. The number of aliphatic hydroxyl groups is 1. The molecule has 0 saturated carbocycles. The van der Waals surface area contributed by atoms with Crippen LogP contribution in [0.2, 0.25) is 0 Å². The SMILES string of the molecule is CSCC[C@H](CO)NC(=O)c1ccc(C)c(C)c1-n1cnnn1. The van der Waals surface area contributed by atoms with Gasteiger partial charge in [-0.1, -0.05) is 6.07 Å². The summed E-state index contributed by atoms with van der Waals surface area (Å²) in [6, 6.07) is 3.39. The Morgan fingerprint density at radius 1 is 1.43 bits per heavy atom. The summed E-state index contributed by atoms with van der Waals surface area (Å²) in [5, 5.41) is 23.5. The predicted octanol–water partition coefficient (Wildman–Crippen LogP) is 1.12.